The number of rotatable bonds is 9. The smallest absolute Gasteiger partial charge is 0.744 e. The predicted molar refractivity (Wildman–Crippen MR) is 104 cm³/mol. The van der Waals surface area contributed by atoms with Crippen molar-refractivity contribution in [2.75, 3.05) is 20.7 Å². The summed E-state index contributed by atoms with van der Waals surface area (Å²) in [6.07, 6.45) is 0. The Balaban J connectivity index is 0.00000544. The minimum Gasteiger partial charge on any atom is -0.744 e. The average Bonchev–Trinajstić information content (AvgIpc) is 2.76. The maximum atomic E-state index is 12.2. The van der Waals surface area contributed by atoms with Gasteiger partial charge in [-0.05, 0) is 37.3 Å². The van der Waals surface area contributed by atoms with Crippen LogP contribution in [0.25, 0.3) is 0 Å². The SMILES string of the molecule is COCOC(=O)c1cc(C(=O)OCOC(=O)c2ccc(C(C)=O)cc2)cc(S(=O)(=O)[O-])c1.[Na+]. The molecule has 0 aliphatic carbocycles. The van der Waals surface area contributed by atoms with Gasteiger partial charge in [-0.15, -0.1) is 0 Å². The van der Waals surface area contributed by atoms with E-state index in [2.05, 4.69) is 9.47 Å². The zero-order valence-electron chi connectivity index (χ0n) is 17.9. The van der Waals surface area contributed by atoms with Crippen LogP contribution >= 0.6 is 0 Å². The molecule has 2 aromatic carbocycles. The normalized spacial score (nSPS) is 10.5. The molecule has 0 heterocycles. The van der Waals surface area contributed by atoms with Gasteiger partial charge in [-0.2, -0.15) is 0 Å². The van der Waals surface area contributed by atoms with Crippen LogP contribution in [-0.4, -0.2) is 57.4 Å². The number of methoxy groups -OCH3 is 1. The first-order chi connectivity index (χ1) is 15.0. The minimum absolute atomic E-state index is 0. The van der Waals surface area contributed by atoms with Gasteiger partial charge in [0.15, 0.2) is 12.6 Å². The molecule has 0 aliphatic heterocycles. The second kappa shape index (κ2) is 12.6. The molecule has 0 aliphatic rings. The summed E-state index contributed by atoms with van der Waals surface area (Å²) in [6, 6.07) is 7.93. The molecule has 0 amide bonds. The first-order valence-electron chi connectivity index (χ1n) is 8.75. The van der Waals surface area contributed by atoms with E-state index >= 15 is 0 Å². The minimum atomic E-state index is -5.02. The second-order valence-corrected chi connectivity index (χ2v) is 7.53. The second-order valence-electron chi connectivity index (χ2n) is 6.15. The average molecular weight is 488 g/mol. The van der Waals surface area contributed by atoms with Gasteiger partial charge in [0.25, 0.3) is 0 Å². The molecule has 0 spiro atoms. The number of ether oxygens (including phenoxy) is 4. The summed E-state index contributed by atoms with van der Waals surface area (Å²) >= 11 is 0. The van der Waals surface area contributed by atoms with Crippen molar-refractivity contribution in [2.24, 2.45) is 0 Å². The summed E-state index contributed by atoms with van der Waals surface area (Å²) < 4.78 is 52.8. The molecule has 0 fully saturated rings. The molecule has 13 heteroatoms. The molecule has 33 heavy (non-hydrogen) atoms. The molecule has 11 nitrogen and oxygen atoms in total. The van der Waals surface area contributed by atoms with E-state index in [4.69, 9.17) is 9.47 Å². The Morgan fingerprint density at radius 1 is 0.758 bits per heavy atom. The van der Waals surface area contributed by atoms with Gasteiger partial charge in [0.1, 0.15) is 10.1 Å². The first kappa shape index (κ1) is 28.4. The summed E-state index contributed by atoms with van der Waals surface area (Å²) in [5, 5.41) is 0. The number of Topliss-reactive ketones (excluding diaryl/α,β-unsaturated/α-hetero) is 1. The molecular weight excluding hydrogens is 471 g/mol. The number of benzene rings is 2. The Kier molecular flexibility index (Phi) is 10.8. The van der Waals surface area contributed by atoms with E-state index in [0.717, 1.165) is 12.1 Å². The number of hydrogen-bond acceptors (Lipinski definition) is 11. The summed E-state index contributed by atoms with van der Waals surface area (Å²) in [5.74, 6) is -3.26. The van der Waals surface area contributed by atoms with Gasteiger partial charge in [0.2, 0.25) is 6.79 Å². The number of ketones is 1. The molecule has 0 saturated carbocycles. The third kappa shape index (κ3) is 8.35. The summed E-state index contributed by atoms with van der Waals surface area (Å²) in [5.41, 5.74) is -0.392. The van der Waals surface area contributed by atoms with E-state index in [0.29, 0.717) is 11.6 Å². The van der Waals surface area contributed by atoms with E-state index < -0.39 is 57.6 Å². The zero-order valence-corrected chi connectivity index (χ0v) is 20.7. The molecule has 2 aromatic rings. The molecule has 0 N–H and O–H groups in total. The molecule has 170 valence electrons. The first-order valence-corrected chi connectivity index (χ1v) is 10.2. The van der Waals surface area contributed by atoms with Crippen LogP contribution in [0.5, 0.6) is 0 Å². The molecule has 0 aromatic heterocycles. The fourth-order valence-electron chi connectivity index (χ4n) is 2.32. The van der Waals surface area contributed by atoms with Gasteiger partial charge in [-0.1, -0.05) is 12.1 Å². The number of esters is 3. The van der Waals surface area contributed by atoms with E-state index in [-0.39, 0.29) is 40.9 Å². The van der Waals surface area contributed by atoms with Crippen LogP contribution in [0.1, 0.15) is 48.4 Å². The largest absolute Gasteiger partial charge is 1.00 e. The number of carbonyl (C=O) groups excluding carboxylic acids is 4. The van der Waals surface area contributed by atoms with Crippen molar-refractivity contribution in [1.29, 1.82) is 0 Å². The van der Waals surface area contributed by atoms with Crippen molar-refractivity contribution in [3.8, 4) is 0 Å². The topological polar surface area (TPSA) is 162 Å². The van der Waals surface area contributed by atoms with Crippen LogP contribution in [0.2, 0.25) is 0 Å². The van der Waals surface area contributed by atoms with Crippen molar-refractivity contribution in [3.05, 3.63) is 64.7 Å². The zero-order chi connectivity index (χ0) is 23.9. The summed E-state index contributed by atoms with van der Waals surface area (Å²) in [4.78, 5) is 46.5. The van der Waals surface area contributed by atoms with Crippen molar-refractivity contribution in [2.45, 2.75) is 11.8 Å². The van der Waals surface area contributed by atoms with Gasteiger partial charge >= 0.3 is 47.5 Å². The van der Waals surface area contributed by atoms with Gasteiger partial charge in [0.05, 0.1) is 21.6 Å². The molecule has 0 saturated heterocycles. The summed E-state index contributed by atoms with van der Waals surface area (Å²) in [7, 11) is -3.78. The molecule has 0 bridgehead atoms. The van der Waals surface area contributed by atoms with E-state index in [1.54, 1.807) is 0 Å². The van der Waals surface area contributed by atoms with Gasteiger partial charge in [0, 0.05) is 12.7 Å². The fraction of sp³-hybridized carbons (Fsp3) is 0.200. The third-order valence-electron chi connectivity index (χ3n) is 3.88. The van der Waals surface area contributed by atoms with E-state index in [9.17, 15) is 32.1 Å². The molecule has 0 atom stereocenters. The Hall–Kier alpha value is -2.61. The van der Waals surface area contributed by atoms with Crippen LogP contribution in [0.15, 0.2) is 47.4 Å². The Labute approximate surface area is 211 Å². The van der Waals surface area contributed by atoms with Crippen molar-refractivity contribution in [3.63, 3.8) is 0 Å². The van der Waals surface area contributed by atoms with Crippen LogP contribution in [-0.2, 0) is 29.1 Å². The number of hydrogen-bond donors (Lipinski definition) is 0. The van der Waals surface area contributed by atoms with Crippen molar-refractivity contribution < 1.29 is 80.7 Å². The maximum Gasteiger partial charge on any atom is 1.00 e. The molecule has 2 rings (SSSR count). The van der Waals surface area contributed by atoms with Crippen molar-refractivity contribution in [1.82, 2.24) is 0 Å². The van der Waals surface area contributed by atoms with Crippen molar-refractivity contribution >= 4 is 33.8 Å². The monoisotopic (exact) mass is 488 g/mol. The molecule has 0 radical (unpaired) electrons. The number of carbonyl (C=O) groups is 4. The van der Waals surface area contributed by atoms with Gasteiger partial charge in [-0.3, -0.25) is 4.79 Å². The van der Waals surface area contributed by atoms with Gasteiger partial charge in [-0.25, -0.2) is 22.8 Å². The Morgan fingerprint density at radius 2 is 1.18 bits per heavy atom. The summed E-state index contributed by atoms with van der Waals surface area (Å²) in [6.45, 7) is 0.0722. The molecular formula is C20H17NaO11S. The third-order valence-corrected chi connectivity index (χ3v) is 4.69. The Morgan fingerprint density at radius 3 is 1.61 bits per heavy atom. The maximum absolute atomic E-state index is 12.2. The fourth-order valence-corrected chi connectivity index (χ4v) is 2.86. The molecule has 0 unspecified atom stereocenters. The van der Waals surface area contributed by atoms with Crippen LogP contribution in [0.3, 0.4) is 0 Å². The van der Waals surface area contributed by atoms with Gasteiger partial charge < -0.3 is 23.5 Å². The Bertz CT molecular complexity index is 1140. The predicted octanol–water partition coefficient (Wildman–Crippen LogP) is -1.47. The van der Waals surface area contributed by atoms with Crippen LogP contribution in [0, 0.1) is 0 Å². The van der Waals surface area contributed by atoms with E-state index in [1.807, 2.05) is 0 Å². The van der Waals surface area contributed by atoms with Crippen LogP contribution < -0.4 is 29.6 Å². The quantitative estimate of drug-likeness (QED) is 0.133. The van der Waals surface area contributed by atoms with E-state index in [1.165, 1.54) is 38.3 Å². The standard InChI is InChI=1S/C20H18O11S.Na/c1-12(21)13-3-5-14(6-4-13)18(22)30-11-31-20(24)16-7-15(19(23)29-10-28-2)8-17(9-16)32(25,26)27;/h3-9H,10-11H2,1-2H3,(H,25,26,27);/q;+1/p-1. The van der Waals surface area contributed by atoms with Crippen LogP contribution in [0.4, 0.5) is 0 Å².